The number of nitrogens with zero attached hydrogens (tertiary/aromatic N) is 1. The Morgan fingerprint density at radius 3 is 2.60 bits per heavy atom. The average Bonchev–Trinajstić information content (AvgIpc) is 2.21. The fourth-order valence-corrected chi connectivity index (χ4v) is 1.62. The van der Waals surface area contributed by atoms with E-state index in [0.717, 1.165) is 19.3 Å². The van der Waals surface area contributed by atoms with Crippen molar-refractivity contribution in [3.8, 4) is 6.07 Å². The first-order valence-electron chi connectivity index (χ1n) is 5.58. The van der Waals surface area contributed by atoms with Gasteiger partial charge in [-0.15, -0.1) is 0 Å². The summed E-state index contributed by atoms with van der Waals surface area (Å²) in [6.07, 6.45) is 4.02. The monoisotopic (exact) mass is 209 g/mol. The quantitative estimate of drug-likeness (QED) is 0.714. The Hall–Kier alpha value is -0.880. The minimum absolute atomic E-state index is 0.234. The molecule has 0 N–H and O–H groups in total. The van der Waals surface area contributed by atoms with E-state index in [9.17, 15) is 4.79 Å². The van der Waals surface area contributed by atoms with E-state index in [1.807, 2.05) is 13.8 Å². The number of ketones is 1. The molecule has 0 heterocycles. The number of nitriles is 1. The molecular weight excluding hydrogens is 190 g/mol. The van der Waals surface area contributed by atoms with Gasteiger partial charge in [0.2, 0.25) is 0 Å². The van der Waals surface area contributed by atoms with Crippen molar-refractivity contribution in [2.45, 2.75) is 52.1 Å². The normalized spacial score (nSPS) is 18.9. The molecule has 0 saturated heterocycles. The molecule has 0 bridgehead atoms. The van der Waals surface area contributed by atoms with Gasteiger partial charge in [-0.2, -0.15) is 5.26 Å². The van der Waals surface area contributed by atoms with Gasteiger partial charge in [0.05, 0.1) is 17.6 Å². The molecular formula is C12H19NO2. The van der Waals surface area contributed by atoms with Gasteiger partial charge in [-0.05, 0) is 33.1 Å². The van der Waals surface area contributed by atoms with Gasteiger partial charge in [0.25, 0.3) is 0 Å². The topological polar surface area (TPSA) is 50.1 Å². The van der Waals surface area contributed by atoms with Gasteiger partial charge in [-0.25, -0.2) is 0 Å². The third-order valence-corrected chi connectivity index (χ3v) is 2.87. The van der Waals surface area contributed by atoms with Crippen LogP contribution in [0.3, 0.4) is 0 Å². The van der Waals surface area contributed by atoms with Crippen LogP contribution in [-0.2, 0) is 9.53 Å². The predicted molar refractivity (Wildman–Crippen MR) is 57.2 cm³/mol. The second kappa shape index (κ2) is 5.27. The molecule has 0 radical (unpaired) electrons. The van der Waals surface area contributed by atoms with Crippen LogP contribution in [0.4, 0.5) is 0 Å². The van der Waals surface area contributed by atoms with Crippen LogP contribution in [0.25, 0.3) is 0 Å². The zero-order valence-corrected chi connectivity index (χ0v) is 9.58. The lowest BCUT2D eigenvalue weighted by atomic mass is 9.92. The third-order valence-electron chi connectivity index (χ3n) is 2.87. The first-order valence-corrected chi connectivity index (χ1v) is 5.58. The number of Topliss-reactive ketones (excluding diaryl/α,β-unsaturated/α-hetero) is 1. The lowest BCUT2D eigenvalue weighted by molar-refractivity contribution is -0.123. The molecule has 1 rings (SSSR count). The highest BCUT2D eigenvalue weighted by Gasteiger charge is 2.21. The molecule has 0 amide bonds. The Kier molecular flexibility index (Phi) is 4.28. The number of hydrogen-bond donors (Lipinski definition) is 0. The van der Waals surface area contributed by atoms with E-state index in [4.69, 9.17) is 10.00 Å². The summed E-state index contributed by atoms with van der Waals surface area (Å²) < 4.78 is 5.67. The lowest BCUT2D eigenvalue weighted by Crippen LogP contribution is -2.23. The highest BCUT2D eigenvalue weighted by atomic mass is 16.5. The van der Waals surface area contributed by atoms with Crippen molar-refractivity contribution in [1.82, 2.24) is 0 Å². The summed E-state index contributed by atoms with van der Waals surface area (Å²) in [5.41, 5.74) is -0.301. The van der Waals surface area contributed by atoms with Crippen molar-refractivity contribution >= 4 is 5.78 Å². The Morgan fingerprint density at radius 2 is 2.07 bits per heavy atom. The Morgan fingerprint density at radius 1 is 1.47 bits per heavy atom. The molecule has 0 aromatic heterocycles. The van der Waals surface area contributed by atoms with E-state index < -0.39 is 0 Å². The van der Waals surface area contributed by atoms with Crippen LogP contribution in [0.1, 0.15) is 46.0 Å². The molecule has 84 valence electrons. The number of rotatable bonds is 4. The molecule has 1 saturated carbocycles. The molecule has 1 aliphatic carbocycles. The van der Waals surface area contributed by atoms with Crippen LogP contribution < -0.4 is 0 Å². The molecule has 1 fully saturated rings. The number of carbonyl (C=O) groups excluding carboxylic acids is 1. The fourth-order valence-electron chi connectivity index (χ4n) is 1.62. The smallest absolute Gasteiger partial charge is 0.133 e. The summed E-state index contributed by atoms with van der Waals surface area (Å²) in [5.74, 6) is 0.354. The van der Waals surface area contributed by atoms with Crippen LogP contribution in [0, 0.1) is 16.7 Å². The Bertz CT molecular complexity index is 255. The maximum absolute atomic E-state index is 11.0. The molecule has 0 spiro atoms. The van der Waals surface area contributed by atoms with Crippen LogP contribution in [0.5, 0.6) is 0 Å². The van der Waals surface area contributed by atoms with Crippen LogP contribution in [0.15, 0.2) is 0 Å². The van der Waals surface area contributed by atoms with Gasteiger partial charge in [-0.3, -0.25) is 4.79 Å². The maximum Gasteiger partial charge on any atom is 0.133 e. The average molecular weight is 209 g/mol. The van der Waals surface area contributed by atoms with Crippen LogP contribution >= 0.6 is 0 Å². The van der Waals surface area contributed by atoms with Crippen LogP contribution in [-0.4, -0.2) is 18.5 Å². The molecule has 3 heteroatoms. The van der Waals surface area contributed by atoms with Gasteiger partial charge >= 0.3 is 0 Å². The molecule has 0 unspecified atom stereocenters. The van der Waals surface area contributed by atoms with Crippen molar-refractivity contribution in [1.29, 1.82) is 5.26 Å². The Labute approximate surface area is 91.4 Å². The van der Waals surface area contributed by atoms with E-state index >= 15 is 0 Å². The van der Waals surface area contributed by atoms with Crippen molar-refractivity contribution in [2.24, 2.45) is 5.41 Å². The first kappa shape index (κ1) is 12.2. The summed E-state index contributed by atoms with van der Waals surface area (Å²) in [6, 6.07) is 2.25. The first-order chi connectivity index (χ1) is 7.03. The summed E-state index contributed by atoms with van der Waals surface area (Å²) in [5, 5.41) is 8.82. The molecule has 0 aliphatic heterocycles. The minimum atomic E-state index is -0.301. The van der Waals surface area contributed by atoms with E-state index in [1.165, 1.54) is 0 Å². The van der Waals surface area contributed by atoms with Gasteiger partial charge in [0.15, 0.2) is 0 Å². The Balaban J connectivity index is 2.16. The highest BCUT2D eigenvalue weighted by Crippen LogP contribution is 2.22. The SMILES string of the molecule is CC(C)(C#N)CCOC1CCC(=O)CC1. The molecule has 0 aromatic carbocycles. The zero-order valence-electron chi connectivity index (χ0n) is 9.58. The summed E-state index contributed by atoms with van der Waals surface area (Å²) in [4.78, 5) is 11.0. The van der Waals surface area contributed by atoms with E-state index in [0.29, 0.717) is 25.2 Å². The van der Waals surface area contributed by atoms with Gasteiger partial charge in [0, 0.05) is 19.4 Å². The molecule has 1 aliphatic rings. The van der Waals surface area contributed by atoms with Gasteiger partial charge in [0.1, 0.15) is 5.78 Å². The number of carbonyl (C=O) groups is 1. The second-order valence-electron chi connectivity index (χ2n) is 4.85. The summed E-state index contributed by atoms with van der Waals surface area (Å²) >= 11 is 0. The van der Waals surface area contributed by atoms with Crippen molar-refractivity contribution < 1.29 is 9.53 Å². The summed E-state index contributed by atoms with van der Waals surface area (Å²) in [6.45, 7) is 4.46. The number of ether oxygens (including phenoxy) is 1. The molecule has 0 aromatic rings. The summed E-state index contributed by atoms with van der Waals surface area (Å²) in [7, 11) is 0. The largest absolute Gasteiger partial charge is 0.378 e. The zero-order chi connectivity index (χ0) is 11.3. The lowest BCUT2D eigenvalue weighted by Gasteiger charge is -2.23. The number of hydrogen-bond acceptors (Lipinski definition) is 3. The van der Waals surface area contributed by atoms with E-state index in [1.54, 1.807) is 0 Å². The fraction of sp³-hybridized carbons (Fsp3) is 0.833. The van der Waals surface area contributed by atoms with E-state index in [-0.39, 0.29) is 11.5 Å². The highest BCUT2D eigenvalue weighted by molar-refractivity contribution is 5.79. The minimum Gasteiger partial charge on any atom is -0.378 e. The third kappa shape index (κ3) is 4.44. The molecule has 3 nitrogen and oxygen atoms in total. The van der Waals surface area contributed by atoms with Crippen molar-refractivity contribution in [3.05, 3.63) is 0 Å². The second-order valence-corrected chi connectivity index (χ2v) is 4.85. The molecule has 0 atom stereocenters. The van der Waals surface area contributed by atoms with Crippen molar-refractivity contribution in [3.63, 3.8) is 0 Å². The van der Waals surface area contributed by atoms with Crippen molar-refractivity contribution in [2.75, 3.05) is 6.61 Å². The maximum atomic E-state index is 11.0. The van der Waals surface area contributed by atoms with Gasteiger partial charge < -0.3 is 4.74 Å². The van der Waals surface area contributed by atoms with Crippen LogP contribution in [0.2, 0.25) is 0 Å². The predicted octanol–water partition coefficient (Wildman–Crippen LogP) is 2.45. The van der Waals surface area contributed by atoms with E-state index in [2.05, 4.69) is 6.07 Å². The standard InChI is InChI=1S/C12H19NO2/c1-12(2,9-13)7-8-15-11-5-3-10(14)4-6-11/h11H,3-8H2,1-2H3. The molecule has 15 heavy (non-hydrogen) atoms. The van der Waals surface area contributed by atoms with Gasteiger partial charge in [-0.1, -0.05) is 0 Å².